The molecule has 1 amide bonds. The maximum absolute atomic E-state index is 11.7. The van der Waals surface area contributed by atoms with Gasteiger partial charge in [-0.25, -0.2) is 4.52 Å². The van der Waals surface area contributed by atoms with Gasteiger partial charge in [-0.2, -0.15) is 4.98 Å². The summed E-state index contributed by atoms with van der Waals surface area (Å²) in [5, 5.41) is 10.0. The first-order chi connectivity index (χ1) is 8.92. The van der Waals surface area contributed by atoms with E-state index in [1.807, 2.05) is 32.2 Å². The van der Waals surface area contributed by atoms with Crippen molar-refractivity contribution in [2.24, 2.45) is 5.41 Å². The fourth-order valence-corrected chi connectivity index (χ4v) is 1.98. The molecule has 7 heteroatoms. The lowest BCUT2D eigenvalue weighted by Gasteiger charge is -2.22. The number of fused-ring (bicyclic) bond motifs is 1. The summed E-state index contributed by atoms with van der Waals surface area (Å²) in [5.74, 6) is 0.488. The molecular weight excluding hydrogens is 310 g/mol. The first-order valence-corrected chi connectivity index (χ1v) is 6.70. The van der Waals surface area contributed by atoms with Crippen molar-refractivity contribution in [1.29, 1.82) is 0 Å². The van der Waals surface area contributed by atoms with Gasteiger partial charge in [-0.1, -0.05) is 0 Å². The minimum absolute atomic E-state index is 0.0218. The van der Waals surface area contributed by atoms with E-state index in [2.05, 4.69) is 36.6 Å². The Morgan fingerprint density at radius 2 is 2.21 bits per heavy atom. The quantitative estimate of drug-likeness (QED) is 0.897. The molecule has 0 bridgehead atoms. The Balaban J connectivity index is 2.12. The van der Waals surface area contributed by atoms with Crippen LogP contribution in [0.5, 0.6) is 0 Å². The van der Waals surface area contributed by atoms with Gasteiger partial charge in [0, 0.05) is 24.3 Å². The normalized spacial score (nSPS) is 11.6. The largest absolute Gasteiger partial charge is 0.359 e. The topological polar surface area (TPSA) is 71.3 Å². The highest BCUT2D eigenvalue weighted by molar-refractivity contribution is 9.10. The van der Waals surface area contributed by atoms with E-state index in [-0.39, 0.29) is 5.91 Å². The third-order valence-corrected chi connectivity index (χ3v) is 3.29. The third-order valence-electron chi connectivity index (χ3n) is 2.83. The van der Waals surface area contributed by atoms with Crippen LogP contribution < -0.4 is 10.6 Å². The van der Waals surface area contributed by atoms with Crippen LogP contribution in [0.2, 0.25) is 0 Å². The summed E-state index contributed by atoms with van der Waals surface area (Å²) < 4.78 is 2.61. The molecule has 0 atom stereocenters. The number of rotatable bonds is 4. The van der Waals surface area contributed by atoms with Crippen LogP contribution in [0.25, 0.3) is 5.65 Å². The fraction of sp³-hybridized carbons (Fsp3) is 0.417. The van der Waals surface area contributed by atoms with Crippen molar-refractivity contribution >= 4 is 33.4 Å². The lowest BCUT2D eigenvalue weighted by molar-refractivity contribution is -0.128. The molecule has 0 aromatic carbocycles. The Labute approximate surface area is 119 Å². The van der Waals surface area contributed by atoms with Crippen LogP contribution in [0.15, 0.2) is 22.8 Å². The monoisotopic (exact) mass is 325 g/mol. The van der Waals surface area contributed by atoms with E-state index in [1.54, 1.807) is 11.6 Å². The third kappa shape index (κ3) is 3.04. The van der Waals surface area contributed by atoms with Crippen LogP contribution in [0.1, 0.15) is 13.8 Å². The number of amides is 1. The molecule has 102 valence electrons. The van der Waals surface area contributed by atoms with Crippen LogP contribution in [-0.2, 0) is 4.79 Å². The molecule has 2 rings (SSSR count). The fourth-order valence-electron chi connectivity index (χ4n) is 1.65. The predicted octanol–water partition coefficient (Wildman–Crippen LogP) is 1.68. The lowest BCUT2D eigenvalue weighted by atomic mass is 9.92. The van der Waals surface area contributed by atoms with E-state index in [0.717, 1.165) is 10.1 Å². The molecule has 2 N–H and O–H groups in total. The highest BCUT2D eigenvalue weighted by Gasteiger charge is 2.26. The molecule has 2 heterocycles. The maximum atomic E-state index is 11.7. The number of carbonyl (C=O) groups is 1. The molecule has 0 unspecified atom stereocenters. The number of hydrogen-bond acceptors (Lipinski definition) is 4. The summed E-state index contributed by atoms with van der Waals surface area (Å²) in [6.45, 7) is 4.20. The van der Waals surface area contributed by atoms with E-state index < -0.39 is 5.41 Å². The SMILES string of the molecule is CNC(=O)C(C)(C)CNc1nc2ccc(Br)cn2n1. The van der Waals surface area contributed by atoms with E-state index >= 15 is 0 Å². The number of hydrogen-bond donors (Lipinski definition) is 2. The Hall–Kier alpha value is -1.63. The van der Waals surface area contributed by atoms with Crippen molar-refractivity contribution in [3.63, 3.8) is 0 Å². The van der Waals surface area contributed by atoms with Crippen LogP contribution in [0.3, 0.4) is 0 Å². The van der Waals surface area contributed by atoms with Crippen LogP contribution >= 0.6 is 15.9 Å². The molecule has 0 fully saturated rings. The van der Waals surface area contributed by atoms with Crippen molar-refractivity contribution in [2.75, 3.05) is 18.9 Å². The van der Waals surface area contributed by atoms with Gasteiger partial charge < -0.3 is 10.6 Å². The minimum atomic E-state index is -0.521. The molecular formula is C12H16BrN5O. The molecule has 2 aromatic rings. The zero-order valence-electron chi connectivity index (χ0n) is 11.1. The average molecular weight is 326 g/mol. The zero-order chi connectivity index (χ0) is 14.0. The van der Waals surface area contributed by atoms with Gasteiger partial charge in [-0.3, -0.25) is 4.79 Å². The van der Waals surface area contributed by atoms with Gasteiger partial charge in [0.1, 0.15) is 0 Å². The van der Waals surface area contributed by atoms with Gasteiger partial charge >= 0.3 is 0 Å². The van der Waals surface area contributed by atoms with Crippen LogP contribution in [-0.4, -0.2) is 34.1 Å². The van der Waals surface area contributed by atoms with E-state index in [0.29, 0.717) is 12.5 Å². The summed E-state index contributed by atoms with van der Waals surface area (Å²) >= 11 is 3.38. The highest BCUT2D eigenvalue weighted by atomic mass is 79.9. The summed E-state index contributed by atoms with van der Waals surface area (Å²) in [5.41, 5.74) is 0.232. The molecule has 0 aliphatic rings. The Morgan fingerprint density at radius 1 is 1.47 bits per heavy atom. The van der Waals surface area contributed by atoms with Gasteiger partial charge in [0.25, 0.3) is 0 Å². The highest BCUT2D eigenvalue weighted by Crippen LogP contribution is 2.17. The number of anilines is 1. The van der Waals surface area contributed by atoms with Gasteiger partial charge in [-0.15, -0.1) is 5.10 Å². The van der Waals surface area contributed by atoms with Gasteiger partial charge in [-0.05, 0) is 41.9 Å². The summed E-state index contributed by atoms with van der Waals surface area (Å²) in [7, 11) is 1.63. The van der Waals surface area contributed by atoms with Crippen molar-refractivity contribution < 1.29 is 4.79 Å². The molecule has 0 saturated carbocycles. The van der Waals surface area contributed by atoms with Gasteiger partial charge in [0.05, 0.1) is 5.41 Å². The number of carbonyl (C=O) groups excluding carboxylic acids is 1. The average Bonchev–Trinajstić information content (AvgIpc) is 2.77. The number of pyridine rings is 1. The van der Waals surface area contributed by atoms with Crippen molar-refractivity contribution in [2.45, 2.75) is 13.8 Å². The Bertz CT molecular complexity index is 607. The Morgan fingerprint density at radius 3 is 2.89 bits per heavy atom. The standard InChI is InChI=1S/C12H16BrN5O/c1-12(2,10(19)14-3)7-15-11-16-9-5-4-8(13)6-18(9)17-11/h4-6H,7H2,1-3H3,(H,14,19)(H,15,17). The van der Waals surface area contributed by atoms with Crippen molar-refractivity contribution in [3.8, 4) is 0 Å². The number of nitrogens with one attached hydrogen (secondary N) is 2. The lowest BCUT2D eigenvalue weighted by Crippen LogP contribution is -2.39. The van der Waals surface area contributed by atoms with Crippen LogP contribution in [0.4, 0.5) is 5.95 Å². The second-order valence-electron chi connectivity index (χ2n) is 4.90. The van der Waals surface area contributed by atoms with Crippen molar-refractivity contribution in [3.05, 3.63) is 22.8 Å². The number of aromatic nitrogens is 3. The maximum Gasteiger partial charge on any atom is 0.243 e. The Kier molecular flexibility index (Phi) is 3.75. The minimum Gasteiger partial charge on any atom is -0.359 e. The molecule has 6 nitrogen and oxygen atoms in total. The van der Waals surface area contributed by atoms with Crippen LogP contribution in [0, 0.1) is 5.41 Å². The first-order valence-electron chi connectivity index (χ1n) is 5.90. The smallest absolute Gasteiger partial charge is 0.243 e. The molecule has 0 aliphatic carbocycles. The molecule has 19 heavy (non-hydrogen) atoms. The predicted molar refractivity (Wildman–Crippen MR) is 77.0 cm³/mol. The second-order valence-corrected chi connectivity index (χ2v) is 5.82. The van der Waals surface area contributed by atoms with Crippen molar-refractivity contribution in [1.82, 2.24) is 19.9 Å². The van der Waals surface area contributed by atoms with E-state index in [4.69, 9.17) is 0 Å². The van der Waals surface area contributed by atoms with E-state index in [1.165, 1.54) is 0 Å². The molecule has 0 spiro atoms. The van der Waals surface area contributed by atoms with Gasteiger partial charge in [0.15, 0.2) is 5.65 Å². The summed E-state index contributed by atoms with van der Waals surface area (Å²) in [6, 6.07) is 3.77. The molecule has 0 aliphatic heterocycles. The zero-order valence-corrected chi connectivity index (χ0v) is 12.7. The number of halogens is 1. The summed E-state index contributed by atoms with van der Waals surface area (Å²) in [4.78, 5) is 16.0. The first kappa shape index (κ1) is 13.8. The molecule has 0 saturated heterocycles. The summed E-state index contributed by atoms with van der Waals surface area (Å²) in [6.07, 6.45) is 1.83. The molecule has 2 aromatic heterocycles. The second kappa shape index (κ2) is 5.16. The molecule has 0 radical (unpaired) electrons. The van der Waals surface area contributed by atoms with Gasteiger partial charge in [0.2, 0.25) is 11.9 Å². The number of nitrogens with zero attached hydrogens (tertiary/aromatic N) is 3. The van der Waals surface area contributed by atoms with E-state index in [9.17, 15) is 4.79 Å².